The van der Waals surface area contributed by atoms with Gasteiger partial charge in [0.05, 0.1) is 12.2 Å². The Bertz CT molecular complexity index is 1330. The van der Waals surface area contributed by atoms with Gasteiger partial charge in [-0.2, -0.15) is 0 Å². The van der Waals surface area contributed by atoms with E-state index in [2.05, 4.69) is 118 Å². The Labute approximate surface area is 203 Å². The van der Waals surface area contributed by atoms with Gasteiger partial charge in [0.1, 0.15) is 0 Å². The zero-order valence-corrected chi connectivity index (χ0v) is 19.8. The maximum absolute atomic E-state index is 5.62. The number of aromatic nitrogens is 1. The van der Waals surface area contributed by atoms with Gasteiger partial charge in [-0.05, 0) is 46.4 Å². The monoisotopic (exact) mass is 467 g/mol. The van der Waals surface area contributed by atoms with Crippen LogP contribution in [0, 0.1) is 0 Å². The second kappa shape index (κ2) is 10.0. The molecule has 0 spiro atoms. The van der Waals surface area contributed by atoms with E-state index in [1.54, 1.807) is 11.3 Å². The normalized spacial score (nSPS) is 11.9. The van der Waals surface area contributed by atoms with Crippen LogP contribution in [0.4, 0.5) is 0 Å². The lowest BCUT2D eigenvalue weighted by Crippen LogP contribution is -2.37. The molecule has 0 saturated heterocycles. The van der Waals surface area contributed by atoms with E-state index in [4.69, 9.17) is 12.2 Å². The van der Waals surface area contributed by atoms with Crippen LogP contribution in [0.5, 0.6) is 0 Å². The van der Waals surface area contributed by atoms with E-state index in [-0.39, 0.29) is 5.92 Å². The fraction of sp³-hybridized carbons (Fsp3) is 0.107. The van der Waals surface area contributed by atoms with Gasteiger partial charge in [0, 0.05) is 28.2 Å². The molecule has 0 aliphatic heterocycles. The second-order valence-corrected chi connectivity index (χ2v) is 9.37. The van der Waals surface area contributed by atoms with Crippen molar-refractivity contribution in [2.45, 2.75) is 12.5 Å². The van der Waals surface area contributed by atoms with Crippen molar-refractivity contribution in [2.24, 2.45) is 0 Å². The first-order chi connectivity index (χ1) is 16.3. The number of para-hydroxylation sites is 1. The first-order valence-corrected chi connectivity index (χ1v) is 12.3. The average Bonchev–Trinajstić information content (AvgIpc) is 3.53. The molecule has 5 aromatic rings. The van der Waals surface area contributed by atoms with Crippen LogP contribution < -0.4 is 10.6 Å². The number of rotatable bonds is 7. The molecule has 5 heteroatoms. The van der Waals surface area contributed by atoms with Gasteiger partial charge in [-0.1, -0.05) is 84.9 Å². The zero-order chi connectivity index (χ0) is 22.5. The Morgan fingerprint density at radius 3 is 2.30 bits per heavy atom. The SMILES string of the molecule is S=C(NCc1cccs1)NCC(c1ccccc1)c1c(-c2ccccc2)[nH]c2ccccc12. The van der Waals surface area contributed by atoms with Gasteiger partial charge in [-0.15, -0.1) is 11.3 Å². The number of nitrogens with one attached hydrogen (secondary N) is 3. The highest BCUT2D eigenvalue weighted by Gasteiger charge is 2.23. The Kier molecular flexibility index (Phi) is 6.51. The van der Waals surface area contributed by atoms with Gasteiger partial charge in [-0.25, -0.2) is 0 Å². The summed E-state index contributed by atoms with van der Waals surface area (Å²) >= 11 is 7.35. The standard InChI is InChI=1S/C28H25N3S2/c32-28(29-18-22-14-9-17-33-22)30-19-24(20-10-3-1-4-11-20)26-23-15-7-8-16-25(23)31-27(26)21-12-5-2-6-13-21/h1-17,24,31H,18-19H2,(H2,29,30,32). The Balaban J connectivity index is 1.50. The number of aromatic amines is 1. The number of hydrogen-bond acceptors (Lipinski definition) is 2. The van der Waals surface area contributed by atoms with Gasteiger partial charge in [0.2, 0.25) is 0 Å². The molecule has 0 aliphatic carbocycles. The van der Waals surface area contributed by atoms with E-state index in [1.165, 1.54) is 27.0 Å². The lowest BCUT2D eigenvalue weighted by Gasteiger charge is -2.21. The summed E-state index contributed by atoms with van der Waals surface area (Å²) in [5.74, 6) is 0.124. The van der Waals surface area contributed by atoms with Crippen molar-refractivity contribution in [1.82, 2.24) is 15.6 Å². The number of thiophene rings is 1. The quantitative estimate of drug-likeness (QED) is 0.233. The summed E-state index contributed by atoms with van der Waals surface area (Å²) in [6.45, 7) is 1.43. The van der Waals surface area contributed by atoms with Crippen molar-refractivity contribution in [3.05, 3.63) is 118 Å². The second-order valence-electron chi connectivity index (χ2n) is 7.93. The summed E-state index contributed by atoms with van der Waals surface area (Å²) in [6, 6.07) is 33.9. The topological polar surface area (TPSA) is 39.8 Å². The van der Waals surface area contributed by atoms with E-state index < -0.39 is 0 Å². The predicted octanol–water partition coefficient (Wildman–Crippen LogP) is 6.69. The van der Waals surface area contributed by atoms with Crippen LogP contribution in [0.1, 0.15) is 21.9 Å². The molecule has 3 nitrogen and oxygen atoms in total. The van der Waals surface area contributed by atoms with Crippen LogP contribution in [0.15, 0.2) is 102 Å². The van der Waals surface area contributed by atoms with E-state index >= 15 is 0 Å². The molecule has 1 atom stereocenters. The number of thiocarbonyl (C=S) groups is 1. The predicted molar refractivity (Wildman–Crippen MR) is 144 cm³/mol. The maximum Gasteiger partial charge on any atom is 0.166 e. The third-order valence-electron chi connectivity index (χ3n) is 5.83. The molecular weight excluding hydrogens is 442 g/mol. The Hall–Kier alpha value is -3.41. The molecular formula is C28H25N3S2. The van der Waals surface area contributed by atoms with Crippen molar-refractivity contribution in [1.29, 1.82) is 0 Å². The first kappa shape index (κ1) is 21.4. The summed E-state index contributed by atoms with van der Waals surface area (Å²) in [5.41, 5.74) is 6.03. The van der Waals surface area contributed by atoms with Gasteiger partial charge in [0.15, 0.2) is 5.11 Å². The number of H-pyrrole nitrogens is 1. The van der Waals surface area contributed by atoms with E-state index in [0.29, 0.717) is 11.7 Å². The van der Waals surface area contributed by atoms with Crippen molar-refractivity contribution in [3.63, 3.8) is 0 Å². The number of benzene rings is 3. The molecule has 3 N–H and O–H groups in total. The van der Waals surface area contributed by atoms with Crippen molar-refractivity contribution >= 4 is 39.6 Å². The van der Waals surface area contributed by atoms with Crippen LogP contribution >= 0.6 is 23.6 Å². The van der Waals surface area contributed by atoms with Gasteiger partial charge in [0.25, 0.3) is 0 Å². The molecule has 1 unspecified atom stereocenters. The summed E-state index contributed by atoms with van der Waals surface area (Å²) in [7, 11) is 0. The molecule has 2 heterocycles. The molecule has 0 radical (unpaired) electrons. The van der Waals surface area contributed by atoms with Crippen LogP contribution in [0.2, 0.25) is 0 Å². The summed E-state index contributed by atoms with van der Waals surface area (Å²) in [6.07, 6.45) is 0. The average molecular weight is 468 g/mol. The molecule has 33 heavy (non-hydrogen) atoms. The summed E-state index contributed by atoms with van der Waals surface area (Å²) in [5, 5.41) is 10.8. The highest BCUT2D eigenvalue weighted by molar-refractivity contribution is 7.80. The number of fused-ring (bicyclic) bond motifs is 1. The van der Waals surface area contributed by atoms with E-state index in [1.807, 2.05) is 0 Å². The Morgan fingerprint density at radius 2 is 1.55 bits per heavy atom. The van der Waals surface area contributed by atoms with Crippen LogP contribution in [0.25, 0.3) is 22.2 Å². The summed E-state index contributed by atoms with van der Waals surface area (Å²) < 4.78 is 0. The maximum atomic E-state index is 5.62. The molecule has 164 valence electrons. The third-order valence-corrected chi connectivity index (χ3v) is 6.99. The summed E-state index contributed by atoms with van der Waals surface area (Å²) in [4.78, 5) is 4.95. The van der Waals surface area contributed by atoms with Gasteiger partial charge >= 0.3 is 0 Å². The molecule has 0 saturated carbocycles. The minimum absolute atomic E-state index is 0.124. The highest BCUT2D eigenvalue weighted by Crippen LogP contribution is 2.38. The molecule has 0 aliphatic rings. The van der Waals surface area contributed by atoms with Crippen LogP contribution in [0.3, 0.4) is 0 Å². The largest absolute Gasteiger partial charge is 0.362 e. The smallest absolute Gasteiger partial charge is 0.166 e. The highest BCUT2D eigenvalue weighted by atomic mass is 32.1. The molecule has 0 fully saturated rings. The Morgan fingerprint density at radius 1 is 0.818 bits per heavy atom. The lowest BCUT2D eigenvalue weighted by atomic mass is 9.87. The molecule has 5 rings (SSSR count). The third kappa shape index (κ3) is 4.85. The van der Waals surface area contributed by atoms with Gasteiger partial charge in [-0.3, -0.25) is 0 Å². The van der Waals surface area contributed by atoms with Crippen molar-refractivity contribution in [2.75, 3.05) is 6.54 Å². The molecule has 0 bridgehead atoms. The molecule has 3 aromatic carbocycles. The van der Waals surface area contributed by atoms with Crippen molar-refractivity contribution in [3.8, 4) is 11.3 Å². The molecule has 0 amide bonds. The first-order valence-electron chi connectivity index (χ1n) is 11.0. The van der Waals surface area contributed by atoms with Gasteiger partial charge < -0.3 is 15.6 Å². The number of hydrogen-bond donors (Lipinski definition) is 3. The molecule has 2 aromatic heterocycles. The fourth-order valence-corrected chi connectivity index (χ4v) is 5.07. The minimum atomic E-state index is 0.124. The van der Waals surface area contributed by atoms with E-state index in [9.17, 15) is 0 Å². The zero-order valence-electron chi connectivity index (χ0n) is 18.1. The fourth-order valence-electron chi connectivity index (χ4n) is 4.27. The van der Waals surface area contributed by atoms with Crippen LogP contribution in [-0.2, 0) is 6.54 Å². The van der Waals surface area contributed by atoms with Crippen molar-refractivity contribution < 1.29 is 0 Å². The van der Waals surface area contributed by atoms with E-state index in [0.717, 1.165) is 17.8 Å². The minimum Gasteiger partial charge on any atom is -0.362 e. The lowest BCUT2D eigenvalue weighted by molar-refractivity contribution is 0.745. The van der Waals surface area contributed by atoms with Crippen LogP contribution in [-0.4, -0.2) is 16.6 Å².